The number of sulfonamides is 1. The lowest BCUT2D eigenvalue weighted by atomic mass is 10.1. The van der Waals surface area contributed by atoms with E-state index in [1.54, 1.807) is 18.2 Å². The number of hydrogen-bond acceptors (Lipinski definition) is 6. The minimum absolute atomic E-state index is 0.0330. The van der Waals surface area contributed by atoms with Gasteiger partial charge in [-0.1, -0.05) is 25.0 Å². The van der Waals surface area contributed by atoms with E-state index < -0.39 is 15.6 Å². The smallest absolute Gasteiger partial charge is 0.259 e. The zero-order valence-electron chi connectivity index (χ0n) is 15.7. The number of amides is 1. The molecule has 0 atom stereocenters. The van der Waals surface area contributed by atoms with Gasteiger partial charge in [0, 0.05) is 6.54 Å². The largest absolute Gasteiger partial charge is 0.493 e. The number of benzene rings is 1. The lowest BCUT2D eigenvalue weighted by molar-refractivity contribution is -0.136. The Morgan fingerprint density at radius 2 is 2.00 bits per heavy atom. The third-order valence-corrected chi connectivity index (χ3v) is 5.26. The number of hydrogen-bond donors (Lipinski definition) is 3. The monoisotopic (exact) mass is 397 g/mol. The number of carbonyl (C=O) groups is 1. The maximum atomic E-state index is 11.7. The summed E-state index contributed by atoms with van der Waals surface area (Å²) in [6, 6.07) is 5.21. The number of amidine groups is 1. The van der Waals surface area contributed by atoms with Crippen molar-refractivity contribution in [2.24, 2.45) is 10.1 Å². The summed E-state index contributed by atoms with van der Waals surface area (Å²) in [5.74, 6) is -0.0344. The highest BCUT2D eigenvalue weighted by Gasteiger charge is 2.25. The van der Waals surface area contributed by atoms with E-state index in [9.17, 15) is 18.3 Å². The van der Waals surface area contributed by atoms with Crippen LogP contribution in [0, 0.1) is 0 Å². The number of unbranched alkanes of at least 4 members (excludes halogenated alkanes) is 3. The first-order valence-corrected chi connectivity index (χ1v) is 10.5. The summed E-state index contributed by atoms with van der Waals surface area (Å²) < 4.78 is 32.7. The number of carbonyl (C=O) groups excluding carboxylic acids is 1. The second-order valence-corrected chi connectivity index (χ2v) is 8.71. The lowest BCUT2D eigenvalue weighted by Gasteiger charge is -2.18. The van der Waals surface area contributed by atoms with Crippen molar-refractivity contribution in [3.05, 3.63) is 29.3 Å². The zero-order chi connectivity index (χ0) is 20.1. The Morgan fingerprint density at radius 3 is 2.70 bits per heavy atom. The highest BCUT2D eigenvalue weighted by Crippen LogP contribution is 2.28. The number of ether oxygens (including phenoxy) is 1. The normalized spacial score (nSPS) is 15.6. The van der Waals surface area contributed by atoms with Crippen molar-refractivity contribution in [3.63, 3.8) is 0 Å². The minimum atomic E-state index is -3.55. The number of nitrogens with two attached hydrogens (primary N) is 1. The molecule has 27 heavy (non-hydrogen) atoms. The van der Waals surface area contributed by atoms with Crippen molar-refractivity contribution >= 4 is 21.8 Å². The molecule has 1 heterocycles. The first-order chi connectivity index (χ1) is 12.6. The van der Waals surface area contributed by atoms with Gasteiger partial charge in [0.1, 0.15) is 17.2 Å². The molecular formula is C18H27N3O5S. The second-order valence-electron chi connectivity index (χ2n) is 7.07. The number of aliphatic hydroxyl groups is 1. The molecule has 0 bridgehead atoms. The van der Waals surface area contributed by atoms with Crippen LogP contribution in [0.2, 0.25) is 0 Å². The Hall–Kier alpha value is -2.13. The van der Waals surface area contributed by atoms with Crippen LogP contribution in [-0.2, 0) is 20.6 Å². The van der Waals surface area contributed by atoms with Gasteiger partial charge < -0.3 is 20.9 Å². The molecule has 1 aromatic carbocycles. The van der Waals surface area contributed by atoms with Gasteiger partial charge in [-0.2, -0.15) is 0 Å². The van der Waals surface area contributed by atoms with Gasteiger partial charge in [-0.05, 0) is 38.3 Å². The number of nitrogens with zero attached hydrogens (tertiary/aromatic N) is 1. The molecule has 0 radical (unpaired) electrons. The van der Waals surface area contributed by atoms with Crippen molar-refractivity contribution in [1.29, 1.82) is 0 Å². The Kier molecular flexibility index (Phi) is 6.83. The van der Waals surface area contributed by atoms with Crippen molar-refractivity contribution < 1.29 is 23.1 Å². The van der Waals surface area contributed by atoms with Crippen LogP contribution in [0.3, 0.4) is 0 Å². The molecule has 9 heteroatoms. The Morgan fingerprint density at radius 1 is 1.30 bits per heavy atom. The second kappa shape index (κ2) is 8.71. The van der Waals surface area contributed by atoms with Crippen LogP contribution in [0.15, 0.2) is 22.6 Å². The average molecular weight is 397 g/mol. The van der Waals surface area contributed by atoms with Gasteiger partial charge in [-0.3, -0.25) is 4.79 Å². The molecule has 0 aromatic heterocycles. The van der Waals surface area contributed by atoms with Crippen molar-refractivity contribution in [3.8, 4) is 5.75 Å². The lowest BCUT2D eigenvalue weighted by Crippen LogP contribution is -2.42. The molecule has 0 saturated heterocycles. The van der Waals surface area contributed by atoms with Crippen molar-refractivity contribution in [1.82, 2.24) is 5.32 Å². The Labute approximate surface area is 159 Å². The molecule has 150 valence electrons. The van der Waals surface area contributed by atoms with Gasteiger partial charge in [0.05, 0.1) is 17.9 Å². The summed E-state index contributed by atoms with van der Waals surface area (Å²) in [7, 11) is -3.55. The molecule has 8 nitrogen and oxygen atoms in total. The predicted molar refractivity (Wildman–Crippen MR) is 103 cm³/mol. The molecular weight excluding hydrogens is 370 g/mol. The Balaban J connectivity index is 1.73. The van der Waals surface area contributed by atoms with E-state index in [1.807, 2.05) is 0 Å². The van der Waals surface area contributed by atoms with E-state index in [0.29, 0.717) is 30.0 Å². The fourth-order valence-corrected chi connectivity index (χ4v) is 3.80. The molecule has 1 aliphatic rings. The number of nitrogens with one attached hydrogen (secondary N) is 1. The highest BCUT2D eigenvalue weighted by atomic mass is 32.2. The summed E-state index contributed by atoms with van der Waals surface area (Å²) in [5.41, 5.74) is 5.60. The molecule has 2 rings (SSSR count). The van der Waals surface area contributed by atoms with E-state index in [-0.39, 0.29) is 17.5 Å². The maximum absolute atomic E-state index is 11.7. The topological polar surface area (TPSA) is 131 Å². The van der Waals surface area contributed by atoms with E-state index in [4.69, 9.17) is 10.5 Å². The van der Waals surface area contributed by atoms with Crippen LogP contribution < -0.4 is 15.8 Å². The van der Waals surface area contributed by atoms with Crippen LogP contribution in [0.25, 0.3) is 0 Å². The van der Waals surface area contributed by atoms with Gasteiger partial charge >= 0.3 is 0 Å². The Bertz CT molecular complexity index is 813. The summed E-state index contributed by atoms with van der Waals surface area (Å²) in [6.45, 7) is 3.91. The quantitative estimate of drug-likeness (QED) is 0.534. The molecule has 4 N–H and O–H groups in total. The molecule has 0 fully saturated rings. The van der Waals surface area contributed by atoms with Crippen LogP contribution in [0.4, 0.5) is 0 Å². The molecule has 0 unspecified atom stereocenters. The molecule has 0 spiro atoms. The van der Waals surface area contributed by atoms with Crippen LogP contribution in [-0.4, -0.2) is 44.0 Å². The van der Waals surface area contributed by atoms with Gasteiger partial charge in [0.25, 0.3) is 15.9 Å². The fourth-order valence-electron chi connectivity index (χ4n) is 2.71. The predicted octanol–water partition coefficient (Wildman–Crippen LogP) is 1.06. The SMILES string of the molecule is CC(C)(O)C(=O)NCCCCCCOc1cccc2c1C(N)=NS(=O)(=O)C2. The molecule has 1 aromatic rings. The fraction of sp³-hybridized carbons (Fsp3) is 0.556. The third kappa shape index (κ3) is 6.21. The first-order valence-electron chi connectivity index (χ1n) is 8.94. The number of fused-ring (bicyclic) bond motifs is 1. The first kappa shape index (κ1) is 21.2. The zero-order valence-corrected chi connectivity index (χ0v) is 16.5. The van der Waals surface area contributed by atoms with Crippen LogP contribution in [0.5, 0.6) is 5.75 Å². The average Bonchev–Trinajstić information content (AvgIpc) is 2.54. The highest BCUT2D eigenvalue weighted by molar-refractivity contribution is 7.89. The van der Waals surface area contributed by atoms with Crippen molar-refractivity contribution in [2.45, 2.75) is 50.9 Å². The summed E-state index contributed by atoms with van der Waals surface area (Å²) in [6.07, 6.45) is 3.48. The minimum Gasteiger partial charge on any atom is -0.493 e. The van der Waals surface area contributed by atoms with E-state index in [1.165, 1.54) is 13.8 Å². The summed E-state index contributed by atoms with van der Waals surface area (Å²) in [5, 5.41) is 12.2. The van der Waals surface area contributed by atoms with E-state index in [0.717, 1.165) is 25.7 Å². The summed E-state index contributed by atoms with van der Waals surface area (Å²) >= 11 is 0. The van der Waals surface area contributed by atoms with Gasteiger partial charge in [-0.15, -0.1) is 4.40 Å². The van der Waals surface area contributed by atoms with Crippen molar-refractivity contribution in [2.75, 3.05) is 13.2 Å². The summed E-state index contributed by atoms with van der Waals surface area (Å²) in [4.78, 5) is 11.5. The molecule has 1 amide bonds. The van der Waals surface area contributed by atoms with Gasteiger partial charge in [-0.25, -0.2) is 8.42 Å². The molecule has 0 saturated carbocycles. The van der Waals surface area contributed by atoms with Crippen LogP contribution in [0.1, 0.15) is 50.7 Å². The maximum Gasteiger partial charge on any atom is 0.259 e. The molecule has 1 aliphatic heterocycles. The van der Waals surface area contributed by atoms with Gasteiger partial charge in [0.2, 0.25) is 0 Å². The molecule has 0 aliphatic carbocycles. The van der Waals surface area contributed by atoms with Gasteiger partial charge in [0.15, 0.2) is 0 Å². The van der Waals surface area contributed by atoms with Crippen LogP contribution >= 0.6 is 0 Å². The third-order valence-electron chi connectivity index (χ3n) is 4.11. The number of rotatable bonds is 9. The van der Waals surface area contributed by atoms with E-state index in [2.05, 4.69) is 9.71 Å². The van der Waals surface area contributed by atoms with E-state index >= 15 is 0 Å². The standard InChI is InChI=1S/C18H27N3O5S/c1-18(2,23)17(22)20-10-5-3-4-6-11-26-14-9-7-8-13-12-27(24,25)21-16(19)15(13)14/h7-9,23H,3-6,10-12H2,1-2H3,(H2,19,21)(H,20,22).